The van der Waals surface area contributed by atoms with Gasteiger partial charge in [0.05, 0.1) is 29.8 Å². The van der Waals surface area contributed by atoms with Crippen LogP contribution in [-0.4, -0.2) is 132 Å². The maximum atomic E-state index is 14.3. The molecule has 0 aliphatic carbocycles. The fourth-order valence-corrected chi connectivity index (χ4v) is 9.07. The Balaban J connectivity index is 1.88. The van der Waals surface area contributed by atoms with Crippen molar-refractivity contribution in [2.24, 2.45) is 17.8 Å². The third-order valence-electron chi connectivity index (χ3n) is 12.8. The van der Waals surface area contributed by atoms with Crippen LogP contribution in [0.5, 0.6) is 0 Å². The Morgan fingerprint density at radius 3 is 2.17 bits per heavy atom. The van der Waals surface area contributed by atoms with Crippen molar-refractivity contribution in [1.29, 1.82) is 0 Å². The van der Waals surface area contributed by atoms with E-state index in [0.29, 0.717) is 30.6 Å². The lowest BCUT2D eigenvalue weighted by molar-refractivity contribution is -0.317. The van der Waals surface area contributed by atoms with E-state index < -0.39 is 83.8 Å². The summed E-state index contributed by atoms with van der Waals surface area (Å²) in [5.74, 6) is -2.11. The highest BCUT2D eigenvalue weighted by atomic mass is 16.7. The molecule has 0 saturated carbocycles. The number of ether oxygens (including phenoxy) is 8. The lowest BCUT2D eigenvalue weighted by Gasteiger charge is -2.49. The number of esters is 1. The van der Waals surface area contributed by atoms with Gasteiger partial charge in [-0.2, -0.15) is 0 Å². The number of ketones is 1. The third kappa shape index (κ3) is 8.54. The van der Waals surface area contributed by atoms with Gasteiger partial charge in [-0.05, 0) is 88.6 Å². The van der Waals surface area contributed by atoms with E-state index in [2.05, 4.69) is 18.7 Å². The minimum absolute atomic E-state index is 0.165. The van der Waals surface area contributed by atoms with Crippen molar-refractivity contribution >= 4 is 11.8 Å². The molecule has 4 aliphatic heterocycles. The topological polar surface area (TPSA) is 152 Å². The molecular weight excluding hydrogens is 686 g/mol. The van der Waals surface area contributed by atoms with Crippen LogP contribution in [0.25, 0.3) is 0 Å². The molecule has 0 spiro atoms. The molecule has 3 unspecified atom stereocenters. The molecule has 306 valence electrons. The number of nitrogens with zero attached hydrogens (tertiary/aromatic N) is 1. The number of carbonyl (C=O) groups excluding carboxylic acids is 2. The van der Waals surface area contributed by atoms with E-state index >= 15 is 0 Å². The number of hydrogen-bond donors (Lipinski definition) is 2. The number of carbonyl (C=O) groups is 2. The molecule has 0 radical (unpaired) electrons. The van der Waals surface area contributed by atoms with E-state index in [4.69, 9.17) is 37.9 Å². The fourth-order valence-electron chi connectivity index (χ4n) is 9.07. The number of Topliss-reactive ketones (excluding diaryl/α,β-unsaturated/α-hetero) is 1. The molecule has 2 N–H and O–H groups in total. The number of allylic oxidation sites excluding steroid dienone is 1. The van der Waals surface area contributed by atoms with Crippen LogP contribution in [-0.2, 0) is 47.5 Å². The fraction of sp³-hybridized carbons (Fsp3) is 0.900. The van der Waals surface area contributed by atoms with Crippen molar-refractivity contribution < 1.29 is 57.7 Å². The summed E-state index contributed by atoms with van der Waals surface area (Å²) in [5, 5.41) is 22.8. The minimum Gasteiger partial charge on any atom is -0.488 e. The summed E-state index contributed by atoms with van der Waals surface area (Å²) in [6.07, 6.45) is -5.77. The van der Waals surface area contributed by atoms with Crippen LogP contribution in [0.4, 0.5) is 0 Å². The summed E-state index contributed by atoms with van der Waals surface area (Å²) in [4.78, 5) is 30.8. The minimum atomic E-state index is -1.50. The Hall–Kier alpha value is -1.68. The van der Waals surface area contributed by atoms with Gasteiger partial charge in [-0.15, -0.1) is 0 Å². The largest absolute Gasteiger partial charge is 0.488 e. The van der Waals surface area contributed by atoms with Crippen LogP contribution in [0, 0.1) is 17.8 Å². The first-order chi connectivity index (χ1) is 24.6. The first-order valence-corrected chi connectivity index (χ1v) is 19.5. The van der Waals surface area contributed by atoms with Gasteiger partial charge in [-0.1, -0.05) is 20.8 Å². The number of cyclic esters (lactones) is 1. The SMILES string of the molecule is CC[C@H]1OC(=O)[C@H](C)[C@@H](OC2C[C@@](C)(OC)[C@@H](O)[C@H](C)O2)[C@H](C)[C@@H](OC2O[C@H](C)C[C@H](N(C)C(C)C)[C@H]2O)[C@@]2(C)CC(C)C(=C(C)C(=O)[C@]1(C)OC)O2. The number of likely N-dealkylation sites (N-methyl/N-ethyl adjacent to an activating group) is 1. The van der Waals surface area contributed by atoms with E-state index in [1.54, 1.807) is 34.6 Å². The monoisotopic (exact) mass is 755 g/mol. The van der Waals surface area contributed by atoms with Crippen LogP contribution < -0.4 is 0 Å². The van der Waals surface area contributed by atoms with Crippen LogP contribution in [0.2, 0.25) is 0 Å². The molecule has 53 heavy (non-hydrogen) atoms. The molecule has 13 nitrogen and oxygen atoms in total. The highest BCUT2D eigenvalue weighted by molar-refractivity contribution is 6.02. The first-order valence-electron chi connectivity index (χ1n) is 19.5. The average Bonchev–Trinajstić information content (AvgIpc) is 3.43. The number of methoxy groups -OCH3 is 2. The molecule has 4 aliphatic rings. The van der Waals surface area contributed by atoms with Crippen LogP contribution in [0.15, 0.2) is 11.3 Å². The maximum Gasteiger partial charge on any atom is 0.311 e. The van der Waals surface area contributed by atoms with Gasteiger partial charge in [0.1, 0.15) is 35.8 Å². The smallest absolute Gasteiger partial charge is 0.311 e. The van der Waals surface area contributed by atoms with E-state index in [0.717, 1.165) is 0 Å². The average molecular weight is 756 g/mol. The molecule has 0 amide bonds. The Morgan fingerprint density at radius 1 is 0.962 bits per heavy atom. The van der Waals surface area contributed by atoms with Gasteiger partial charge in [-0.3, -0.25) is 14.5 Å². The van der Waals surface area contributed by atoms with Crippen molar-refractivity contribution in [3.63, 3.8) is 0 Å². The van der Waals surface area contributed by atoms with Gasteiger partial charge in [0.15, 0.2) is 24.0 Å². The summed E-state index contributed by atoms with van der Waals surface area (Å²) in [6, 6.07) is -0.0765. The predicted octanol–water partition coefficient (Wildman–Crippen LogP) is 4.53. The quantitative estimate of drug-likeness (QED) is 0.318. The number of aliphatic hydroxyl groups is 2. The van der Waals surface area contributed by atoms with Gasteiger partial charge in [0.25, 0.3) is 0 Å². The molecule has 3 fully saturated rings. The zero-order valence-electron chi connectivity index (χ0n) is 34.8. The maximum absolute atomic E-state index is 14.3. The number of hydrogen-bond acceptors (Lipinski definition) is 13. The Bertz CT molecular complexity index is 1330. The van der Waals surface area contributed by atoms with Crippen LogP contribution >= 0.6 is 0 Å². The Morgan fingerprint density at radius 2 is 1.60 bits per heavy atom. The molecule has 0 aromatic heterocycles. The molecule has 0 aromatic carbocycles. The molecule has 4 heterocycles. The van der Waals surface area contributed by atoms with Gasteiger partial charge in [0, 0.05) is 50.1 Å². The Kier molecular flexibility index (Phi) is 14.0. The highest BCUT2D eigenvalue weighted by Gasteiger charge is 2.56. The molecule has 0 aromatic rings. The Labute approximate surface area is 317 Å². The summed E-state index contributed by atoms with van der Waals surface area (Å²) < 4.78 is 51.1. The van der Waals surface area contributed by atoms with E-state index in [-0.39, 0.29) is 36.3 Å². The van der Waals surface area contributed by atoms with E-state index in [9.17, 15) is 19.8 Å². The number of rotatable bonds is 9. The number of aliphatic hydroxyl groups excluding tert-OH is 2. The van der Waals surface area contributed by atoms with E-state index in [1.807, 2.05) is 41.7 Å². The molecule has 2 bridgehead atoms. The summed E-state index contributed by atoms with van der Waals surface area (Å²) in [7, 11) is 4.97. The second kappa shape index (κ2) is 16.8. The molecular formula is C40H69NO12. The molecule has 3 saturated heterocycles. The zero-order valence-corrected chi connectivity index (χ0v) is 34.8. The summed E-state index contributed by atoms with van der Waals surface area (Å²) >= 11 is 0. The predicted molar refractivity (Wildman–Crippen MR) is 197 cm³/mol. The normalized spacial score (nSPS) is 46.1. The summed E-state index contributed by atoms with van der Waals surface area (Å²) in [6.45, 7) is 22.5. The highest BCUT2D eigenvalue weighted by Crippen LogP contribution is 2.48. The number of fused-ring (bicyclic) bond motifs is 2. The van der Waals surface area contributed by atoms with Crippen LogP contribution in [0.1, 0.15) is 109 Å². The van der Waals surface area contributed by atoms with Gasteiger partial charge in [0.2, 0.25) is 0 Å². The van der Waals surface area contributed by atoms with Crippen molar-refractivity contribution in [1.82, 2.24) is 4.90 Å². The first kappa shape index (κ1) is 44.0. The van der Waals surface area contributed by atoms with Crippen molar-refractivity contribution in [3.8, 4) is 0 Å². The molecule has 16 atom stereocenters. The standard InChI is InChI=1S/C40H69NO12/c1-16-28-40(12,47-15)33(43)23(6)31-21(4)18-39(11,53-31)35(52-37-30(42)27(17-22(5)48-37)41(13)20(2)3)24(7)32(25(8)36(45)50-28)51-29-19-38(10,46-14)34(44)26(9)49-29/h20-22,24-30,32,34-35,37,42,44H,16-19H2,1-15H3/t21?,22-,24+,25-,26+,27+,28-,29?,30-,32+,34+,35-,37?,38-,39-,40-/m1/s1. The van der Waals surface area contributed by atoms with Gasteiger partial charge < -0.3 is 48.1 Å². The van der Waals surface area contributed by atoms with E-state index in [1.165, 1.54) is 14.2 Å². The third-order valence-corrected chi connectivity index (χ3v) is 12.8. The molecule has 4 rings (SSSR count). The van der Waals surface area contributed by atoms with Gasteiger partial charge >= 0.3 is 5.97 Å². The zero-order chi connectivity index (χ0) is 40.0. The molecule has 13 heteroatoms. The van der Waals surface area contributed by atoms with Gasteiger partial charge in [-0.25, -0.2) is 0 Å². The lowest BCUT2D eigenvalue weighted by atomic mass is 9.78. The second-order valence-corrected chi connectivity index (χ2v) is 17.1. The lowest BCUT2D eigenvalue weighted by Crippen LogP contribution is -2.61. The van der Waals surface area contributed by atoms with Crippen LogP contribution in [0.3, 0.4) is 0 Å². The summed E-state index contributed by atoms with van der Waals surface area (Å²) in [5.41, 5.74) is -3.16. The second-order valence-electron chi connectivity index (χ2n) is 17.1. The van der Waals surface area contributed by atoms with Crippen molar-refractivity contribution in [3.05, 3.63) is 11.3 Å². The van der Waals surface area contributed by atoms with Crippen molar-refractivity contribution in [2.75, 3.05) is 21.3 Å². The van der Waals surface area contributed by atoms with Crippen molar-refractivity contribution in [2.45, 2.75) is 193 Å².